The van der Waals surface area contributed by atoms with Gasteiger partial charge in [-0.2, -0.15) is 11.8 Å². The van der Waals surface area contributed by atoms with Crippen molar-refractivity contribution in [3.8, 4) is 0 Å². The molecule has 70 valence electrons. The first-order valence-electron chi connectivity index (χ1n) is 4.76. The van der Waals surface area contributed by atoms with E-state index in [0.29, 0.717) is 6.04 Å². The van der Waals surface area contributed by atoms with E-state index in [9.17, 15) is 0 Å². The van der Waals surface area contributed by atoms with E-state index in [4.69, 9.17) is 0 Å². The molecule has 1 N–H and O–H groups in total. The van der Waals surface area contributed by atoms with Crippen LogP contribution >= 0.6 is 11.8 Å². The zero-order valence-corrected chi connectivity index (χ0v) is 8.73. The number of para-hydroxylation sites is 1. The molecule has 1 atom stereocenters. The van der Waals surface area contributed by atoms with E-state index >= 15 is 0 Å². The van der Waals surface area contributed by atoms with Gasteiger partial charge in [0.25, 0.3) is 0 Å². The maximum absolute atomic E-state index is 3.59. The molecule has 1 aliphatic heterocycles. The third kappa shape index (κ3) is 2.19. The van der Waals surface area contributed by atoms with Crippen molar-refractivity contribution in [3.05, 3.63) is 29.8 Å². The largest absolute Gasteiger partial charge is 0.381 e. The van der Waals surface area contributed by atoms with Crippen LogP contribution < -0.4 is 5.32 Å². The number of aryl methyl sites for hydroxylation is 1. The van der Waals surface area contributed by atoms with Gasteiger partial charge in [-0.05, 0) is 30.7 Å². The predicted molar refractivity (Wildman–Crippen MR) is 60.5 cm³/mol. The van der Waals surface area contributed by atoms with Crippen molar-refractivity contribution in [1.29, 1.82) is 0 Å². The summed E-state index contributed by atoms with van der Waals surface area (Å²) in [6, 6.07) is 9.19. The summed E-state index contributed by atoms with van der Waals surface area (Å²) in [7, 11) is 0. The van der Waals surface area contributed by atoms with Crippen molar-refractivity contribution in [2.75, 3.05) is 16.8 Å². The minimum atomic E-state index is 0.686. The van der Waals surface area contributed by atoms with Gasteiger partial charge in [-0.1, -0.05) is 18.2 Å². The molecule has 0 spiro atoms. The lowest BCUT2D eigenvalue weighted by atomic mass is 10.1. The second kappa shape index (κ2) is 4.05. The topological polar surface area (TPSA) is 12.0 Å². The van der Waals surface area contributed by atoms with Crippen molar-refractivity contribution in [1.82, 2.24) is 0 Å². The molecule has 1 saturated heterocycles. The zero-order chi connectivity index (χ0) is 9.10. The highest BCUT2D eigenvalue weighted by Gasteiger charge is 2.14. The zero-order valence-electron chi connectivity index (χ0n) is 7.92. The van der Waals surface area contributed by atoms with Crippen LogP contribution in [0.3, 0.4) is 0 Å². The molecule has 0 aliphatic carbocycles. The molecular weight excluding hydrogens is 178 g/mol. The number of nitrogens with one attached hydrogen (secondary N) is 1. The Morgan fingerprint density at radius 2 is 2.23 bits per heavy atom. The third-order valence-corrected chi connectivity index (χ3v) is 3.60. The molecule has 1 fully saturated rings. The van der Waals surface area contributed by atoms with Crippen molar-refractivity contribution in [2.24, 2.45) is 0 Å². The minimum Gasteiger partial charge on any atom is -0.381 e. The second-order valence-corrected chi connectivity index (χ2v) is 4.67. The molecule has 0 saturated carbocycles. The average molecular weight is 193 g/mol. The van der Waals surface area contributed by atoms with Gasteiger partial charge in [-0.3, -0.25) is 0 Å². The van der Waals surface area contributed by atoms with Gasteiger partial charge in [-0.15, -0.1) is 0 Å². The standard InChI is InChI=1S/C11H15NS/c1-9-4-2-3-5-11(9)12-10-6-7-13-8-10/h2-5,10,12H,6-8H2,1H3/t10-/m0/s1. The van der Waals surface area contributed by atoms with E-state index in [2.05, 4.69) is 36.5 Å². The van der Waals surface area contributed by atoms with E-state index < -0.39 is 0 Å². The normalized spacial score (nSPS) is 21.8. The Balaban J connectivity index is 2.04. The summed E-state index contributed by atoms with van der Waals surface area (Å²) < 4.78 is 0. The van der Waals surface area contributed by atoms with E-state index in [0.717, 1.165) is 0 Å². The van der Waals surface area contributed by atoms with Gasteiger partial charge >= 0.3 is 0 Å². The molecule has 0 bridgehead atoms. The summed E-state index contributed by atoms with van der Waals surface area (Å²) in [6.45, 7) is 2.16. The van der Waals surface area contributed by atoms with Crippen molar-refractivity contribution >= 4 is 17.4 Å². The maximum atomic E-state index is 3.59. The van der Waals surface area contributed by atoms with Crippen LogP contribution in [0, 0.1) is 6.92 Å². The number of benzene rings is 1. The molecule has 0 radical (unpaired) electrons. The first-order valence-corrected chi connectivity index (χ1v) is 5.91. The van der Waals surface area contributed by atoms with Crippen LogP contribution in [0.4, 0.5) is 5.69 Å². The van der Waals surface area contributed by atoms with Crippen LogP contribution in [-0.2, 0) is 0 Å². The lowest BCUT2D eigenvalue weighted by molar-refractivity contribution is 0.812. The summed E-state index contributed by atoms with van der Waals surface area (Å²) in [5.74, 6) is 2.57. The molecule has 0 aromatic heterocycles. The Morgan fingerprint density at radius 1 is 1.38 bits per heavy atom. The monoisotopic (exact) mass is 193 g/mol. The summed E-state index contributed by atoms with van der Waals surface area (Å²) in [5.41, 5.74) is 2.65. The van der Waals surface area contributed by atoms with E-state index in [-0.39, 0.29) is 0 Å². The number of rotatable bonds is 2. The Bertz CT molecular complexity index is 279. The predicted octanol–water partition coefficient (Wildman–Crippen LogP) is 2.91. The summed E-state index contributed by atoms with van der Waals surface area (Å²) in [6.07, 6.45) is 1.30. The molecule has 0 amide bonds. The summed E-state index contributed by atoms with van der Waals surface area (Å²) in [4.78, 5) is 0. The lowest BCUT2D eigenvalue weighted by Gasteiger charge is -2.14. The van der Waals surface area contributed by atoms with Gasteiger partial charge in [0.05, 0.1) is 0 Å². The van der Waals surface area contributed by atoms with Crippen LogP contribution in [0.25, 0.3) is 0 Å². The molecule has 1 aromatic carbocycles. The SMILES string of the molecule is Cc1ccccc1N[C@H]1CCSC1. The molecule has 2 heteroatoms. The van der Waals surface area contributed by atoms with E-state index in [1.165, 1.54) is 29.2 Å². The Labute approximate surface area is 83.9 Å². The molecule has 1 heterocycles. The minimum absolute atomic E-state index is 0.686. The average Bonchev–Trinajstić information content (AvgIpc) is 2.61. The first-order chi connectivity index (χ1) is 6.36. The van der Waals surface area contributed by atoms with Crippen molar-refractivity contribution in [2.45, 2.75) is 19.4 Å². The molecule has 1 aliphatic rings. The van der Waals surface area contributed by atoms with Crippen molar-refractivity contribution in [3.63, 3.8) is 0 Å². The number of thioether (sulfide) groups is 1. The molecular formula is C11H15NS. The van der Waals surface area contributed by atoms with Crippen LogP contribution in [-0.4, -0.2) is 17.5 Å². The van der Waals surface area contributed by atoms with Crippen LogP contribution in [0.2, 0.25) is 0 Å². The Hall–Kier alpha value is -0.630. The quantitative estimate of drug-likeness (QED) is 0.775. The smallest absolute Gasteiger partial charge is 0.0372 e. The second-order valence-electron chi connectivity index (χ2n) is 3.52. The fraction of sp³-hybridized carbons (Fsp3) is 0.455. The van der Waals surface area contributed by atoms with Crippen LogP contribution in [0.15, 0.2) is 24.3 Å². The van der Waals surface area contributed by atoms with Gasteiger partial charge < -0.3 is 5.32 Å². The summed E-state index contributed by atoms with van der Waals surface area (Å²) in [5, 5.41) is 3.59. The number of hydrogen-bond donors (Lipinski definition) is 1. The molecule has 1 nitrogen and oxygen atoms in total. The van der Waals surface area contributed by atoms with Gasteiger partial charge in [0.1, 0.15) is 0 Å². The molecule has 13 heavy (non-hydrogen) atoms. The third-order valence-electron chi connectivity index (χ3n) is 2.43. The van der Waals surface area contributed by atoms with Gasteiger partial charge in [0.15, 0.2) is 0 Å². The molecule has 2 rings (SSSR count). The molecule has 1 aromatic rings. The van der Waals surface area contributed by atoms with Gasteiger partial charge in [-0.25, -0.2) is 0 Å². The highest BCUT2D eigenvalue weighted by Crippen LogP contribution is 2.22. The summed E-state index contributed by atoms with van der Waals surface area (Å²) >= 11 is 2.04. The lowest BCUT2D eigenvalue weighted by Crippen LogP contribution is -2.18. The maximum Gasteiger partial charge on any atom is 0.0372 e. The van der Waals surface area contributed by atoms with Crippen molar-refractivity contribution < 1.29 is 0 Å². The highest BCUT2D eigenvalue weighted by atomic mass is 32.2. The van der Waals surface area contributed by atoms with E-state index in [1.807, 2.05) is 11.8 Å². The number of hydrogen-bond acceptors (Lipinski definition) is 2. The Morgan fingerprint density at radius 3 is 2.92 bits per heavy atom. The number of anilines is 1. The fourth-order valence-corrected chi connectivity index (χ4v) is 2.76. The first kappa shape index (κ1) is 8.95. The Kier molecular flexibility index (Phi) is 2.79. The van der Waals surface area contributed by atoms with Gasteiger partial charge in [0.2, 0.25) is 0 Å². The van der Waals surface area contributed by atoms with Gasteiger partial charge in [0, 0.05) is 17.5 Å². The highest BCUT2D eigenvalue weighted by molar-refractivity contribution is 7.99. The molecule has 0 unspecified atom stereocenters. The fourth-order valence-electron chi connectivity index (χ4n) is 1.60. The van der Waals surface area contributed by atoms with E-state index in [1.54, 1.807) is 0 Å². The van der Waals surface area contributed by atoms with Crippen LogP contribution in [0.5, 0.6) is 0 Å². The van der Waals surface area contributed by atoms with Crippen LogP contribution in [0.1, 0.15) is 12.0 Å².